The zero-order chi connectivity index (χ0) is 16.4. The van der Waals surface area contributed by atoms with Crippen LogP contribution in [0.25, 0.3) is 11.3 Å². The van der Waals surface area contributed by atoms with Crippen molar-refractivity contribution >= 4 is 11.8 Å². The zero-order valence-corrected chi connectivity index (χ0v) is 12.7. The Morgan fingerprint density at radius 1 is 1.30 bits per heavy atom. The molecule has 2 amide bonds. The number of morpholine rings is 1. The van der Waals surface area contributed by atoms with Crippen LogP contribution in [0.15, 0.2) is 34.9 Å². The topological polar surface area (TPSA) is 98.7 Å². The monoisotopic (exact) mass is 315 g/mol. The smallest absolute Gasteiger partial charge is 0.259 e. The highest BCUT2D eigenvalue weighted by molar-refractivity contribution is 6.01. The number of carbonyl (C=O) groups is 2. The van der Waals surface area contributed by atoms with Gasteiger partial charge in [0.25, 0.3) is 5.91 Å². The van der Waals surface area contributed by atoms with E-state index in [1.54, 1.807) is 11.8 Å². The molecule has 1 unspecified atom stereocenters. The molecule has 0 radical (unpaired) electrons. The number of benzene rings is 1. The fraction of sp³-hybridized carbons (Fsp3) is 0.312. The Balaban J connectivity index is 1.91. The van der Waals surface area contributed by atoms with E-state index in [0.717, 1.165) is 5.56 Å². The molecule has 2 heterocycles. The number of hydrogen-bond acceptors (Lipinski definition) is 5. The second-order valence-electron chi connectivity index (χ2n) is 5.34. The highest BCUT2D eigenvalue weighted by atomic mass is 16.5. The minimum Gasteiger partial charge on any atom is -0.367 e. The number of aryl methyl sites for hydroxylation is 1. The first-order valence-corrected chi connectivity index (χ1v) is 7.30. The Hall–Kier alpha value is -2.67. The molecule has 0 saturated carbocycles. The molecular formula is C16H17N3O4. The van der Waals surface area contributed by atoms with Gasteiger partial charge in [-0.2, -0.15) is 0 Å². The summed E-state index contributed by atoms with van der Waals surface area (Å²) >= 11 is 0. The predicted molar refractivity (Wildman–Crippen MR) is 81.5 cm³/mol. The highest BCUT2D eigenvalue weighted by Gasteiger charge is 2.32. The van der Waals surface area contributed by atoms with Crippen molar-refractivity contribution in [2.45, 2.75) is 13.0 Å². The van der Waals surface area contributed by atoms with E-state index in [0.29, 0.717) is 23.6 Å². The molecule has 1 atom stereocenters. The summed E-state index contributed by atoms with van der Waals surface area (Å²) in [6, 6.07) is 9.34. The number of ether oxygens (including phenoxy) is 1. The van der Waals surface area contributed by atoms with Crippen molar-refractivity contribution in [3.05, 3.63) is 41.7 Å². The summed E-state index contributed by atoms with van der Waals surface area (Å²) < 4.78 is 10.5. The summed E-state index contributed by atoms with van der Waals surface area (Å²) in [5.41, 5.74) is 6.96. The van der Waals surface area contributed by atoms with Gasteiger partial charge >= 0.3 is 0 Å². The first kappa shape index (κ1) is 15.2. The number of hydrogen-bond donors (Lipinski definition) is 1. The third kappa shape index (κ3) is 2.95. The normalized spacial score (nSPS) is 18.0. The fourth-order valence-corrected chi connectivity index (χ4v) is 2.58. The summed E-state index contributed by atoms with van der Waals surface area (Å²) in [6.07, 6.45) is -0.784. The summed E-state index contributed by atoms with van der Waals surface area (Å²) in [4.78, 5) is 25.7. The van der Waals surface area contributed by atoms with Gasteiger partial charge in [0.1, 0.15) is 17.0 Å². The van der Waals surface area contributed by atoms with Gasteiger partial charge in [0.05, 0.1) is 13.2 Å². The van der Waals surface area contributed by atoms with Crippen LogP contribution in [0.5, 0.6) is 0 Å². The number of primary amides is 1. The Kier molecular flexibility index (Phi) is 4.12. The van der Waals surface area contributed by atoms with Crippen LogP contribution in [-0.2, 0) is 9.53 Å². The van der Waals surface area contributed by atoms with Crippen molar-refractivity contribution in [2.75, 3.05) is 19.7 Å². The molecule has 0 aliphatic carbocycles. The summed E-state index contributed by atoms with van der Waals surface area (Å²) in [5.74, 6) is -0.374. The molecule has 0 spiro atoms. The van der Waals surface area contributed by atoms with Crippen LogP contribution in [0.2, 0.25) is 0 Å². The molecule has 3 rings (SSSR count). The Labute approximate surface area is 133 Å². The van der Waals surface area contributed by atoms with Gasteiger partial charge in [0, 0.05) is 12.1 Å². The molecule has 2 N–H and O–H groups in total. The SMILES string of the molecule is Cc1onc(-c2ccccc2)c1C(=O)N1CCOC(C(N)=O)C1. The molecule has 23 heavy (non-hydrogen) atoms. The maximum Gasteiger partial charge on any atom is 0.259 e. The van der Waals surface area contributed by atoms with Crippen LogP contribution in [-0.4, -0.2) is 47.7 Å². The molecule has 120 valence electrons. The predicted octanol–water partition coefficient (Wildman–Crippen LogP) is 0.976. The van der Waals surface area contributed by atoms with E-state index in [1.807, 2.05) is 30.3 Å². The van der Waals surface area contributed by atoms with Gasteiger partial charge in [-0.05, 0) is 6.92 Å². The quantitative estimate of drug-likeness (QED) is 0.910. The van der Waals surface area contributed by atoms with Crippen LogP contribution < -0.4 is 5.73 Å². The lowest BCUT2D eigenvalue weighted by Gasteiger charge is -2.31. The molecule has 0 bridgehead atoms. The van der Waals surface area contributed by atoms with Crippen LogP contribution in [0, 0.1) is 6.92 Å². The van der Waals surface area contributed by atoms with Gasteiger partial charge in [-0.25, -0.2) is 0 Å². The lowest BCUT2D eigenvalue weighted by Crippen LogP contribution is -2.50. The zero-order valence-electron chi connectivity index (χ0n) is 12.7. The van der Waals surface area contributed by atoms with Gasteiger partial charge in [-0.1, -0.05) is 35.5 Å². The van der Waals surface area contributed by atoms with Crippen molar-refractivity contribution in [1.29, 1.82) is 0 Å². The lowest BCUT2D eigenvalue weighted by atomic mass is 10.0. The van der Waals surface area contributed by atoms with E-state index >= 15 is 0 Å². The average Bonchev–Trinajstić information content (AvgIpc) is 2.96. The minimum atomic E-state index is -0.784. The molecule has 1 aliphatic heterocycles. The standard InChI is InChI=1S/C16H17N3O4/c1-10-13(14(18-23-10)11-5-3-2-4-6-11)16(21)19-7-8-22-12(9-19)15(17)20/h2-6,12H,7-9H2,1H3,(H2,17,20). The van der Waals surface area contributed by atoms with Gasteiger partial charge in [-0.3, -0.25) is 9.59 Å². The van der Waals surface area contributed by atoms with E-state index in [-0.39, 0.29) is 19.1 Å². The second-order valence-corrected chi connectivity index (χ2v) is 5.34. The molecule has 1 saturated heterocycles. The summed E-state index contributed by atoms with van der Waals surface area (Å²) in [5, 5.41) is 4.01. The van der Waals surface area contributed by atoms with Crippen molar-refractivity contribution in [1.82, 2.24) is 10.1 Å². The van der Waals surface area contributed by atoms with Crippen LogP contribution in [0.4, 0.5) is 0 Å². The third-order valence-corrected chi connectivity index (χ3v) is 3.79. The Morgan fingerprint density at radius 3 is 2.74 bits per heavy atom. The van der Waals surface area contributed by atoms with Gasteiger partial charge in [-0.15, -0.1) is 0 Å². The summed E-state index contributed by atoms with van der Waals surface area (Å²) in [6.45, 7) is 2.48. The van der Waals surface area contributed by atoms with Crippen molar-refractivity contribution < 1.29 is 18.8 Å². The van der Waals surface area contributed by atoms with E-state index < -0.39 is 12.0 Å². The molecule has 7 heteroatoms. The molecule has 1 fully saturated rings. The van der Waals surface area contributed by atoms with Crippen LogP contribution in [0.3, 0.4) is 0 Å². The molecule has 1 aromatic heterocycles. The van der Waals surface area contributed by atoms with Crippen LogP contribution >= 0.6 is 0 Å². The first-order chi connectivity index (χ1) is 11.1. The maximum atomic E-state index is 12.9. The summed E-state index contributed by atoms with van der Waals surface area (Å²) in [7, 11) is 0. The first-order valence-electron chi connectivity index (χ1n) is 7.30. The van der Waals surface area contributed by atoms with E-state index in [1.165, 1.54) is 0 Å². The number of aromatic nitrogens is 1. The van der Waals surface area contributed by atoms with E-state index in [9.17, 15) is 9.59 Å². The average molecular weight is 315 g/mol. The number of nitrogens with two attached hydrogens (primary N) is 1. The van der Waals surface area contributed by atoms with E-state index in [4.69, 9.17) is 15.0 Å². The van der Waals surface area contributed by atoms with Gasteiger partial charge in [0.15, 0.2) is 6.10 Å². The number of rotatable bonds is 3. The van der Waals surface area contributed by atoms with Gasteiger partial charge in [0.2, 0.25) is 5.91 Å². The van der Waals surface area contributed by atoms with Crippen molar-refractivity contribution in [2.24, 2.45) is 5.73 Å². The Morgan fingerprint density at radius 2 is 2.04 bits per heavy atom. The Bertz CT molecular complexity index is 726. The minimum absolute atomic E-state index is 0.132. The molecule has 1 aliphatic rings. The number of nitrogens with zero attached hydrogens (tertiary/aromatic N) is 2. The fourth-order valence-electron chi connectivity index (χ4n) is 2.58. The highest BCUT2D eigenvalue weighted by Crippen LogP contribution is 2.26. The molecular weight excluding hydrogens is 298 g/mol. The molecule has 1 aromatic carbocycles. The largest absolute Gasteiger partial charge is 0.367 e. The third-order valence-electron chi connectivity index (χ3n) is 3.79. The van der Waals surface area contributed by atoms with Crippen LogP contribution in [0.1, 0.15) is 16.1 Å². The second kappa shape index (κ2) is 6.21. The molecule has 2 aromatic rings. The maximum absolute atomic E-state index is 12.9. The van der Waals surface area contributed by atoms with Gasteiger partial charge < -0.3 is 19.9 Å². The van der Waals surface area contributed by atoms with E-state index in [2.05, 4.69) is 5.16 Å². The van der Waals surface area contributed by atoms with Crippen molar-refractivity contribution in [3.8, 4) is 11.3 Å². The van der Waals surface area contributed by atoms with Crippen molar-refractivity contribution in [3.63, 3.8) is 0 Å². The number of amides is 2. The lowest BCUT2D eigenvalue weighted by molar-refractivity contribution is -0.133. The molecule has 7 nitrogen and oxygen atoms in total. The number of carbonyl (C=O) groups excluding carboxylic acids is 2.